The second-order valence-corrected chi connectivity index (χ2v) is 5.56. The maximum absolute atomic E-state index is 11.7. The SMILES string of the molecule is CC(c1ccc(NC(=O)C2CC2)nc1)N1CCOCC1. The molecule has 1 aromatic heterocycles. The molecule has 5 nitrogen and oxygen atoms in total. The Kier molecular flexibility index (Phi) is 3.98. The van der Waals surface area contributed by atoms with E-state index in [9.17, 15) is 4.79 Å². The number of hydrogen-bond acceptors (Lipinski definition) is 4. The van der Waals surface area contributed by atoms with Crippen molar-refractivity contribution in [1.29, 1.82) is 0 Å². The van der Waals surface area contributed by atoms with Gasteiger partial charge in [-0.1, -0.05) is 6.07 Å². The first-order chi connectivity index (χ1) is 9.74. The molecule has 0 bridgehead atoms. The average molecular weight is 275 g/mol. The van der Waals surface area contributed by atoms with Gasteiger partial charge in [-0.2, -0.15) is 0 Å². The van der Waals surface area contributed by atoms with Crippen molar-refractivity contribution >= 4 is 11.7 Å². The molecule has 2 heterocycles. The molecule has 1 N–H and O–H groups in total. The molecule has 3 rings (SSSR count). The molecule has 0 spiro atoms. The highest BCUT2D eigenvalue weighted by Crippen LogP contribution is 2.30. The van der Waals surface area contributed by atoms with Gasteiger partial charge < -0.3 is 10.1 Å². The van der Waals surface area contributed by atoms with Gasteiger partial charge >= 0.3 is 0 Å². The Hall–Kier alpha value is -1.46. The predicted octanol–water partition coefficient (Wildman–Crippen LogP) is 1.82. The van der Waals surface area contributed by atoms with Crippen LogP contribution in [0.25, 0.3) is 0 Å². The topological polar surface area (TPSA) is 54.5 Å². The quantitative estimate of drug-likeness (QED) is 0.910. The summed E-state index contributed by atoms with van der Waals surface area (Å²) < 4.78 is 5.37. The number of ether oxygens (including phenoxy) is 1. The van der Waals surface area contributed by atoms with Crippen LogP contribution in [0.2, 0.25) is 0 Å². The van der Waals surface area contributed by atoms with Crippen LogP contribution in [0.1, 0.15) is 31.4 Å². The number of anilines is 1. The van der Waals surface area contributed by atoms with Crippen LogP contribution in [-0.4, -0.2) is 42.1 Å². The van der Waals surface area contributed by atoms with Gasteiger partial charge in [0, 0.05) is 31.2 Å². The van der Waals surface area contributed by atoms with E-state index in [-0.39, 0.29) is 11.8 Å². The van der Waals surface area contributed by atoms with E-state index in [1.165, 1.54) is 5.56 Å². The monoisotopic (exact) mass is 275 g/mol. The number of pyridine rings is 1. The van der Waals surface area contributed by atoms with Crippen LogP contribution in [-0.2, 0) is 9.53 Å². The van der Waals surface area contributed by atoms with Crippen molar-refractivity contribution in [2.75, 3.05) is 31.6 Å². The first-order valence-corrected chi connectivity index (χ1v) is 7.32. The highest BCUT2D eigenvalue weighted by atomic mass is 16.5. The molecule has 1 aromatic rings. The van der Waals surface area contributed by atoms with E-state index in [1.54, 1.807) is 0 Å². The van der Waals surface area contributed by atoms with Crippen LogP contribution >= 0.6 is 0 Å². The zero-order valence-electron chi connectivity index (χ0n) is 11.8. The van der Waals surface area contributed by atoms with Crippen molar-refractivity contribution in [2.45, 2.75) is 25.8 Å². The number of hydrogen-bond donors (Lipinski definition) is 1. The van der Waals surface area contributed by atoms with Crippen LogP contribution in [0, 0.1) is 5.92 Å². The van der Waals surface area contributed by atoms with E-state index in [4.69, 9.17) is 4.74 Å². The van der Waals surface area contributed by atoms with Crippen molar-refractivity contribution in [2.24, 2.45) is 5.92 Å². The standard InChI is InChI=1S/C15H21N3O2/c1-11(18-6-8-20-9-7-18)13-4-5-14(16-10-13)17-15(19)12-2-3-12/h4-5,10-12H,2-3,6-9H2,1H3,(H,16,17,19). The van der Waals surface area contributed by atoms with Crippen molar-refractivity contribution in [3.8, 4) is 0 Å². The zero-order chi connectivity index (χ0) is 13.9. The summed E-state index contributed by atoms with van der Waals surface area (Å²) in [5.74, 6) is 0.968. The van der Waals surface area contributed by atoms with Gasteiger partial charge in [-0.3, -0.25) is 9.69 Å². The van der Waals surface area contributed by atoms with Crippen molar-refractivity contribution in [3.05, 3.63) is 23.9 Å². The molecule has 5 heteroatoms. The minimum absolute atomic E-state index is 0.103. The molecule has 2 aliphatic rings. The predicted molar refractivity (Wildman–Crippen MR) is 76.4 cm³/mol. The summed E-state index contributed by atoms with van der Waals surface area (Å²) in [7, 11) is 0. The minimum Gasteiger partial charge on any atom is -0.379 e. The smallest absolute Gasteiger partial charge is 0.228 e. The fourth-order valence-corrected chi connectivity index (χ4v) is 2.48. The van der Waals surface area contributed by atoms with Crippen LogP contribution in [0.3, 0.4) is 0 Å². The third-order valence-electron chi connectivity index (χ3n) is 4.06. The number of morpholine rings is 1. The number of rotatable bonds is 4. The molecule has 1 saturated carbocycles. The number of carbonyl (C=O) groups is 1. The lowest BCUT2D eigenvalue weighted by Crippen LogP contribution is -2.38. The fourth-order valence-electron chi connectivity index (χ4n) is 2.48. The molecule has 1 atom stereocenters. The number of nitrogens with zero attached hydrogens (tertiary/aromatic N) is 2. The van der Waals surface area contributed by atoms with Crippen molar-refractivity contribution in [1.82, 2.24) is 9.88 Å². The zero-order valence-corrected chi connectivity index (χ0v) is 11.8. The molecule has 1 aliphatic carbocycles. The maximum atomic E-state index is 11.7. The third-order valence-corrected chi connectivity index (χ3v) is 4.06. The summed E-state index contributed by atoms with van der Waals surface area (Å²) >= 11 is 0. The number of amides is 1. The molecule has 108 valence electrons. The molecular formula is C15H21N3O2. The van der Waals surface area contributed by atoms with Gasteiger partial charge in [0.05, 0.1) is 13.2 Å². The number of aromatic nitrogens is 1. The van der Waals surface area contributed by atoms with Gasteiger partial charge in [-0.15, -0.1) is 0 Å². The number of carbonyl (C=O) groups excluding carboxylic acids is 1. The molecule has 1 unspecified atom stereocenters. The van der Waals surface area contributed by atoms with Gasteiger partial charge in [0.1, 0.15) is 5.82 Å². The third kappa shape index (κ3) is 3.16. The van der Waals surface area contributed by atoms with Gasteiger partial charge in [0.2, 0.25) is 5.91 Å². The lowest BCUT2D eigenvalue weighted by molar-refractivity contribution is -0.117. The summed E-state index contributed by atoms with van der Waals surface area (Å²) in [5, 5.41) is 2.87. The van der Waals surface area contributed by atoms with E-state index in [1.807, 2.05) is 12.3 Å². The molecule has 20 heavy (non-hydrogen) atoms. The Morgan fingerprint density at radius 1 is 1.40 bits per heavy atom. The summed E-state index contributed by atoms with van der Waals surface area (Å²) in [4.78, 5) is 18.4. The largest absolute Gasteiger partial charge is 0.379 e. The molecule has 0 radical (unpaired) electrons. The lowest BCUT2D eigenvalue weighted by Gasteiger charge is -2.32. The van der Waals surface area contributed by atoms with E-state index < -0.39 is 0 Å². The molecule has 1 saturated heterocycles. The summed E-state index contributed by atoms with van der Waals surface area (Å²) in [6.07, 6.45) is 3.89. The van der Waals surface area contributed by atoms with E-state index in [0.29, 0.717) is 11.9 Å². The minimum atomic E-state index is 0.103. The maximum Gasteiger partial charge on any atom is 0.228 e. The molecular weight excluding hydrogens is 254 g/mol. The number of nitrogens with one attached hydrogen (secondary N) is 1. The van der Waals surface area contributed by atoms with Gasteiger partial charge in [-0.25, -0.2) is 4.98 Å². The Morgan fingerprint density at radius 2 is 2.15 bits per heavy atom. The summed E-state index contributed by atoms with van der Waals surface area (Å²) in [6.45, 7) is 5.70. The lowest BCUT2D eigenvalue weighted by atomic mass is 10.1. The first-order valence-electron chi connectivity index (χ1n) is 7.32. The van der Waals surface area contributed by atoms with Gasteiger partial charge in [-0.05, 0) is 31.4 Å². The Bertz CT molecular complexity index is 465. The second-order valence-electron chi connectivity index (χ2n) is 5.56. The molecule has 1 aliphatic heterocycles. The van der Waals surface area contributed by atoms with Gasteiger partial charge in [0.15, 0.2) is 0 Å². The van der Waals surface area contributed by atoms with Crippen molar-refractivity contribution in [3.63, 3.8) is 0 Å². The van der Waals surface area contributed by atoms with Gasteiger partial charge in [0.25, 0.3) is 0 Å². The Balaban J connectivity index is 1.60. The molecule has 2 fully saturated rings. The highest BCUT2D eigenvalue weighted by molar-refractivity contribution is 5.93. The van der Waals surface area contributed by atoms with Crippen LogP contribution in [0.15, 0.2) is 18.3 Å². The van der Waals surface area contributed by atoms with E-state index in [2.05, 4.69) is 28.2 Å². The van der Waals surface area contributed by atoms with E-state index >= 15 is 0 Å². The summed E-state index contributed by atoms with van der Waals surface area (Å²) in [5.41, 5.74) is 1.18. The van der Waals surface area contributed by atoms with Crippen LogP contribution < -0.4 is 5.32 Å². The van der Waals surface area contributed by atoms with Crippen molar-refractivity contribution < 1.29 is 9.53 Å². The first kappa shape index (κ1) is 13.5. The summed E-state index contributed by atoms with van der Waals surface area (Å²) in [6, 6.07) is 4.28. The molecule has 0 aromatic carbocycles. The highest BCUT2D eigenvalue weighted by Gasteiger charge is 2.29. The normalized spacial score (nSPS) is 21.4. The Morgan fingerprint density at radius 3 is 2.75 bits per heavy atom. The second kappa shape index (κ2) is 5.89. The Labute approximate surface area is 119 Å². The van der Waals surface area contributed by atoms with E-state index in [0.717, 1.165) is 39.1 Å². The van der Waals surface area contributed by atoms with Crippen LogP contribution in [0.4, 0.5) is 5.82 Å². The average Bonchev–Trinajstić information content (AvgIpc) is 3.33. The molecule has 1 amide bonds. The fraction of sp³-hybridized carbons (Fsp3) is 0.600. The van der Waals surface area contributed by atoms with Crippen LogP contribution in [0.5, 0.6) is 0 Å².